The number of fused-ring (bicyclic) bond motifs is 1. The van der Waals surface area contributed by atoms with Crippen molar-refractivity contribution in [3.8, 4) is 11.4 Å². The zero-order valence-corrected chi connectivity index (χ0v) is 15.7. The van der Waals surface area contributed by atoms with Gasteiger partial charge in [0.05, 0.1) is 13.2 Å². The summed E-state index contributed by atoms with van der Waals surface area (Å²) in [5.74, 6) is 1.91. The van der Waals surface area contributed by atoms with Crippen molar-refractivity contribution in [2.45, 2.75) is 26.7 Å². The molecule has 0 radical (unpaired) electrons. The van der Waals surface area contributed by atoms with Gasteiger partial charge in [0.1, 0.15) is 5.82 Å². The number of aryl methyl sites for hydroxylation is 1. The second kappa shape index (κ2) is 8.71. The van der Waals surface area contributed by atoms with Gasteiger partial charge in [-0.3, -0.25) is 0 Å². The minimum atomic E-state index is 0.250. The average Bonchev–Trinajstić information content (AvgIpc) is 3.17. The third-order valence-corrected chi connectivity index (χ3v) is 4.90. The molecule has 1 aromatic carbocycles. The highest BCUT2D eigenvalue weighted by Crippen LogP contribution is 2.29. The number of allylic oxidation sites excluding steroid dienone is 1. The van der Waals surface area contributed by atoms with Crippen molar-refractivity contribution < 1.29 is 14.3 Å². The van der Waals surface area contributed by atoms with Gasteiger partial charge in [-0.25, -0.2) is 9.97 Å². The molecule has 140 valence electrons. The third-order valence-electron chi connectivity index (χ3n) is 4.90. The fourth-order valence-corrected chi connectivity index (χ4v) is 3.50. The van der Waals surface area contributed by atoms with Crippen LogP contribution < -0.4 is 4.90 Å². The van der Waals surface area contributed by atoms with Gasteiger partial charge in [0, 0.05) is 29.9 Å². The van der Waals surface area contributed by atoms with Crippen LogP contribution in [0.25, 0.3) is 17.5 Å². The largest absolute Gasteiger partial charge is 0.378 e. The number of anilines is 1. The lowest BCUT2D eigenvalue weighted by molar-refractivity contribution is -0.191. The van der Waals surface area contributed by atoms with Crippen LogP contribution in [0.5, 0.6) is 0 Å². The molecule has 2 heterocycles. The zero-order valence-electron chi connectivity index (χ0n) is 15.7. The predicted octanol–water partition coefficient (Wildman–Crippen LogP) is 2.84. The van der Waals surface area contributed by atoms with Crippen molar-refractivity contribution in [3.63, 3.8) is 0 Å². The number of morpholine rings is 1. The van der Waals surface area contributed by atoms with Crippen LogP contribution in [0.1, 0.15) is 29.3 Å². The summed E-state index contributed by atoms with van der Waals surface area (Å²) in [6, 6.07) is 6.56. The minimum Gasteiger partial charge on any atom is -0.378 e. The van der Waals surface area contributed by atoms with Gasteiger partial charge in [-0.05, 0) is 37.0 Å². The third kappa shape index (κ3) is 4.13. The maximum Gasteiger partial charge on any atom is 0.373 e. The van der Waals surface area contributed by atoms with Crippen molar-refractivity contribution in [1.82, 2.24) is 9.97 Å². The Balaban J connectivity index is 0.000000659. The monoisotopic (exact) mass is 365 g/mol. The van der Waals surface area contributed by atoms with Gasteiger partial charge in [-0.2, -0.15) is 9.59 Å². The lowest BCUT2D eigenvalue weighted by atomic mass is 10.0. The topological polar surface area (TPSA) is 72.4 Å². The Morgan fingerprint density at radius 1 is 1.19 bits per heavy atom. The smallest absolute Gasteiger partial charge is 0.373 e. The number of aromatic nitrogens is 2. The highest BCUT2D eigenvalue weighted by Gasteiger charge is 2.19. The number of benzene rings is 1. The summed E-state index contributed by atoms with van der Waals surface area (Å²) >= 11 is 0. The van der Waals surface area contributed by atoms with Gasteiger partial charge >= 0.3 is 6.15 Å². The summed E-state index contributed by atoms with van der Waals surface area (Å²) in [6.07, 6.45) is 6.57. The Morgan fingerprint density at radius 2 is 1.93 bits per heavy atom. The van der Waals surface area contributed by atoms with Gasteiger partial charge in [-0.1, -0.05) is 31.2 Å². The summed E-state index contributed by atoms with van der Waals surface area (Å²) < 4.78 is 5.49. The van der Waals surface area contributed by atoms with Crippen molar-refractivity contribution in [2.75, 3.05) is 31.2 Å². The first kappa shape index (κ1) is 19.0. The lowest BCUT2D eigenvalue weighted by Gasteiger charge is -2.29. The Bertz CT molecular complexity index is 880. The van der Waals surface area contributed by atoms with Crippen LogP contribution >= 0.6 is 0 Å². The molecule has 0 N–H and O–H groups in total. The maximum atomic E-state index is 8.12. The summed E-state index contributed by atoms with van der Waals surface area (Å²) in [6.45, 7) is 7.63. The molecular weight excluding hydrogens is 342 g/mol. The minimum absolute atomic E-state index is 0.250. The molecule has 6 nitrogen and oxygen atoms in total. The highest BCUT2D eigenvalue weighted by molar-refractivity contribution is 5.68. The summed E-state index contributed by atoms with van der Waals surface area (Å²) in [5.41, 5.74) is 6.13. The molecule has 0 atom stereocenters. The first-order valence-electron chi connectivity index (χ1n) is 9.17. The maximum absolute atomic E-state index is 8.12. The van der Waals surface area contributed by atoms with Gasteiger partial charge < -0.3 is 9.64 Å². The molecule has 1 saturated heterocycles. The van der Waals surface area contributed by atoms with E-state index in [2.05, 4.69) is 49.1 Å². The van der Waals surface area contributed by atoms with E-state index in [4.69, 9.17) is 24.3 Å². The molecule has 0 saturated carbocycles. The Labute approximate surface area is 158 Å². The van der Waals surface area contributed by atoms with E-state index >= 15 is 0 Å². The fourth-order valence-electron chi connectivity index (χ4n) is 3.50. The van der Waals surface area contributed by atoms with E-state index in [9.17, 15) is 0 Å². The van der Waals surface area contributed by atoms with Crippen LogP contribution in [0.4, 0.5) is 5.82 Å². The number of hydrogen-bond donors (Lipinski definition) is 0. The van der Waals surface area contributed by atoms with Crippen LogP contribution in [-0.2, 0) is 27.2 Å². The summed E-state index contributed by atoms with van der Waals surface area (Å²) in [5, 5.41) is 0. The second-order valence-corrected chi connectivity index (χ2v) is 6.50. The van der Waals surface area contributed by atoms with Crippen molar-refractivity contribution >= 4 is 18.0 Å². The standard InChI is InChI=1S/C20H23N3O.CO2/c1-3-18-14(2)20(23-9-11-24-12-10-23)22-19(21-18)17-8-7-15-5-4-6-16(15)13-17;2-1-3/h4-5,7-8,13H,3,6,9-12H2,1-2H3;. The highest BCUT2D eigenvalue weighted by atomic mass is 16.5. The molecule has 1 fully saturated rings. The van der Waals surface area contributed by atoms with E-state index in [1.54, 1.807) is 0 Å². The van der Waals surface area contributed by atoms with Gasteiger partial charge in [0.25, 0.3) is 0 Å². The SMILES string of the molecule is CCc1nc(-c2ccc3c(c2)CC=C3)nc(N2CCOCC2)c1C.O=C=O. The Hall–Kier alpha value is -2.82. The van der Waals surface area contributed by atoms with Gasteiger partial charge in [0.2, 0.25) is 0 Å². The van der Waals surface area contributed by atoms with E-state index in [1.807, 2.05) is 0 Å². The molecule has 0 bridgehead atoms. The first-order chi connectivity index (χ1) is 13.2. The van der Waals surface area contributed by atoms with E-state index in [-0.39, 0.29) is 6.15 Å². The average molecular weight is 365 g/mol. The summed E-state index contributed by atoms with van der Waals surface area (Å²) in [7, 11) is 0. The number of hydrogen-bond acceptors (Lipinski definition) is 6. The Morgan fingerprint density at radius 3 is 2.63 bits per heavy atom. The van der Waals surface area contributed by atoms with Gasteiger partial charge in [-0.15, -0.1) is 0 Å². The van der Waals surface area contributed by atoms with Crippen LogP contribution in [0.3, 0.4) is 0 Å². The number of ether oxygens (including phenoxy) is 1. The van der Waals surface area contributed by atoms with Crippen LogP contribution in [-0.4, -0.2) is 42.4 Å². The number of nitrogens with zero attached hydrogens (tertiary/aromatic N) is 3. The predicted molar refractivity (Wildman–Crippen MR) is 102 cm³/mol. The van der Waals surface area contributed by atoms with E-state index in [0.29, 0.717) is 0 Å². The molecule has 0 spiro atoms. The molecule has 0 unspecified atom stereocenters. The Kier molecular flexibility index (Phi) is 6.12. The van der Waals surface area contributed by atoms with Crippen LogP contribution in [0.2, 0.25) is 0 Å². The lowest BCUT2D eigenvalue weighted by Crippen LogP contribution is -2.37. The number of rotatable bonds is 3. The molecular formula is C21H23N3O3. The molecule has 27 heavy (non-hydrogen) atoms. The molecule has 1 aliphatic carbocycles. The quantitative estimate of drug-likeness (QED) is 0.833. The molecule has 6 heteroatoms. The van der Waals surface area contributed by atoms with Crippen LogP contribution in [0, 0.1) is 6.92 Å². The molecule has 1 aromatic heterocycles. The van der Waals surface area contributed by atoms with E-state index in [0.717, 1.165) is 62.0 Å². The van der Waals surface area contributed by atoms with Crippen molar-refractivity contribution in [2.24, 2.45) is 0 Å². The first-order valence-corrected chi connectivity index (χ1v) is 9.17. The molecule has 4 rings (SSSR count). The molecule has 2 aromatic rings. The summed E-state index contributed by atoms with van der Waals surface area (Å²) in [4.78, 5) is 28.4. The molecule has 0 amide bonds. The van der Waals surface area contributed by atoms with E-state index < -0.39 is 0 Å². The molecule has 2 aliphatic rings. The normalized spacial score (nSPS) is 15.0. The van der Waals surface area contributed by atoms with Crippen molar-refractivity contribution in [1.29, 1.82) is 0 Å². The number of carbonyl (C=O) groups excluding carboxylic acids is 2. The second-order valence-electron chi connectivity index (χ2n) is 6.50. The fraction of sp³-hybridized carbons (Fsp3) is 0.381. The van der Waals surface area contributed by atoms with Crippen LogP contribution in [0.15, 0.2) is 24.3 Å². The molecule has 1 aliphatic heterocycles. The zero-order chi connectivity index (χ0) is 19.2. The van der Waals surface area contributed by atoms with Crippen molar-refractivity contribution in [3.05, 3.63) is 46.7 Å². The van der Waals surface area contributed by atoms with E-state index in [1.165, 1.54) is 16.7 Å². The van der Waals surface area contributed by atoms with Gasteiger partial charge in [0.15, 0.2) is 5.82 Å².